The predicted octanol–water partition coefficient (Wildman–Crippen LogP) is 4.88. The van der Waals surface area contributed by atoms with Gasteiger partial charge in [-0.15, -0.1) is 0 Å². The molecule has 3 aromatic carbocycles. The minimum Gasteiger partial charge on any atom is -0.480 e. The lowest BCUT2D eigenvalue weighted by Gasteiger charge is -2.17. The van der Waals surface area contributed by atoms with Crippen molar-refractivity contribution in [1.82, 2.24) is 5.32 Å². The fourth-order valence-corrected chi connectivity index (χ4v) is 4.42. The number of guanidine groups is 1. The first-order chi connectivity index (χ1) is 19.1. The SMILES string of the molecule is NC(=NCCC[C@H](NC(=O)OCC1c2ccccc2-c2ccccc21)C(=O)O)Nc1c(F)c(F)c(F)c(F)c1F. The highest BCUT2D eigenvalue weighted by molar-refractivity contribution is 5.92. The highest BCUT2D eigenvalue weighted by atomic mass is 19.2. The molecule has 3 aromatic rings. The Kier molecular flexibility index (Phi) is 8.51. The second-order valence-corrected chi connectivity index (χ2v) is 8.84. The Morgan fingerprint density at radius 2 is 1.43 bits per heavy atom. The Morgan fingerprint density at radius 1 is 0.900 bits per heavy atom. The average molecular weight is 562 g/mol. The van der Waals surface area contributed by atoms with Gasteiger partial charge in [-0.05, 0) is 35.1 Å². The summed E-state index contributed by atoms with van der Waals surface area (Å²) in [5.41, 5.74) is 8.13. The molecule has 40 heavy (non-hydrogen) atoms. The maximum absolute atomic E-state index is 13.8. The van der Waals surface area contributed by atoms with Gasteiger partial charge >= 0.3 is 12.1 Å². The number of halogens is 5. The minimum atomic E-state index is -2.32. The number of nitrogens with two attached hydrogens (primary N) is 1. The summed E-state index contributed by atoms with van der Waals surface area (Å²) in [6, 6.07) is 14.1. The van der Waals surface area contributed by atoms with Gasteiger partial charge in [0.2, 0.25) is 5.82 Å². The average Bonchev–Trinajstić information content (AvgIpc) is 3.27. The molecule has 1 amide bonds. The van der Waals surface area contributed by atoms with Gasteiger partial charge in [-0.1, -0.05) is 48.5 Å². The fraction of sp³-hybridized carbons (Fsp3) is 0.222. The lowest BCUT2D eigenvalue weighted by atomic mass is 9.98. The van der Waals surface area contributed by atoms with Gasteiger partial charge in [0, 0.05) is 12.5 Å². The van der Waals surface area contributed by atoms with E-state index < -0.39 is 58.8 Å². The number of carboxylic acids is 1. The molecule has 0 heterocycles. The molecular weight excluding hydrogens is 539 g/mol. The van der Waals surface area contributed by atoms with Gasteiger partial charge in [-0.25, -0.2) is 31.5 Å². The van der Waals surface area contributed by atoms with E-state index in [4.69, 9.17) is 10.5 Å². The monoisotopic (exact) mass is 562 g/mol. The molecule has 1 atom stereocenters. The number of fused-ring (bicyclic) bond motifs is 3. The van der Waals surface area contributed by atoms with Crippen molar-refractivity contribution in [1.29, 1.82) is 0 Å². The number of rotatable bonds is 9. The zero-order valence-electron chi connectivity index (χ0n) is 20.7. The number of anilines is 1. The number of alkyl carbamates (subject to hydrolysis) is 1. The molecule has 0 bridgehead atoms. The minimum absolute atomic E-state index is 0.0175. The molecule has 0 saturated carbocycles. The van der Waals surface area contributed by atoms with E-state index in [1.807, 2.05) is 53.8 Å². The number of ether oxygens (including phenoxy) is 1. The van der Waals surface area contributed by atoms with E-state index >= 15 is 0 Å². The summed E-state index contributed by atoms with van der Waals surface area (Å²) >= 11 is 0. The number of amides is 1. The highest BCUT2D eigenvalue weighted by Gasteiger charge is 2.30. The topological polar surface area (TPSA) is 126 Å². The summed E-state index contributed by atoms with van der Waals surface area (Å²) in [5, 5.41) is 13.6. The number of carbonyl (C=O) groups excluding carboxylic acids is 1. The largest absolute Gasteiger partial charge is 0.480 e. The van der Waals surface area contributed by atoms with Crippen LogP contribution in [0.25, 0.3) is 11.1 Å². The van der Waals surface area contributed by atoms with Crippen molar-refractivity contribution in [3.8, 4) is 11.1 Å². The van der Waals surface area contributed by atoms with Gasteiger partial charge in [0.05, 0.1) is 0 Å². The molecule has 0 aromatic heterocycles. The molecule has 1 aliphatic carbocycles. The molecule has 0 saturated heterocycles. The maximum atomic E-state index is 13.8. The van der Waals surface area contributed by atoms with Gasteiger partial charge in [0.15, 0.2) is 29.2 Å². The number of nitrogens with zero attached hydrogens (tertiary/aromatic N) is 1. The summed E-state index contributed by atoms with van der Waals surface area (Å²) in [5.74, 6) is -13.1. The van der Waals surface area contributed by atoms with Crippen molar-refractivity contribution in [3.05, 3.63) is 88.7 Å². The van der Waals surface area contributed by atoms with E-state index in [2.05, 4.69) is 10.3 Å². The standard InChI is InChI=1S/C27H23F5N4O4/c28-19-20(29)22(31)24(23(32)21(19)30)36-26(33)34-11-5-10-18(25(37)38)35-27(39)40-12-17-15-8-3-1-6-13(15)14-7-2-4-9-16(14)17/h1-4,6-9,17-18H,5,10-12H2,(H,35,39)(H,37,38)(H3,33,34,36)/t18-/m0/s1. The van der Waals surface area contributed by atoms with E-state index in [0.717, 1.165) is 22.3 Å². The quantitative estimate of drug-likeness (QED) is 0.0736. The summed E-state index contributed by atoms with van der Waals surface area (Å²) in [6.07, 6.45) is -1.04. The van der Waals surface area contributed by atoms with Gasteiger partial charge < -0.3 is 26.2 Å². The second-order valence-electron chi connectivity index (χ2n) is 8.84. The maximum Gasteiger partial charge on any atom is 0.407 e. The van der Waals surface area contributed by atoms with Crippen LogP contribution in [-0.4, -0.2) is 42.3 Å². The van der Waals surface area contributed by atoms with Crippen LogP contribution in [0.4, 0.5) is 32.4 Å². The van der Waals surface area contributed by atoms with Gasteiger partial charge in [0.1, 0.15) is 18.3 Å². The van der Waals surface area contributed by atoms with E-state index in [1.165, 1.54) is 0 Å². The summed E-state index contributed by atoms with van der Waals surface area (Å²) in [6.45, 7) is -0.208. The number of aliphatic carboxylic acids is 1. The van der Waals surface area contributed by atoms with E-state index in [0.29, 0.717) is 0 Å². The molecular formula is C27H23F5N4O4. The number of benzene rings is 3. The molecule has 5 N–H and O–H groups in total. The van der Waals surface area contributed by atoms with Crippen LogP contribution in [0, 0.1) is 29.1 Å². The lowest BCUT2D eigenvalue weighted by Crippen LogP contribution is -2.41. The molecule has 13 heteroatoms. The first-order valence-corrected chi connectivity index (χ1v) is 12.0. The van der Waals surface area contributed by atoms with Crippen molar-refractivity contribution in [2.75, 3.05) is 18.5 Å². The van der Waals surface area contributed by atoms with Crippen LogP contribution < -0.4 is 16.4 Å². The summed E-state index contributed by atoms with van der Waals surface area (Å²) in [4.78, 5) is 27.7. The fourth-order valence-electron chi connectivity index (χ4n) is 4.42. The van der Waals surface area contributed by atoms with Crippen molar-refractivity contribution in [2.45, 2.75) is 24.8 Å². The molecule has 210 valence electrons. The van der Waals surface area contributed by atoms with Crippen LogP contribution in [0.5, 0.6) is 0 Å². The number of carbonyl (C=O) groups is 2. The Labute approximate surface area is 224 Å². The molecule has 0 spiro atoms. The van der Waals surface area contributed by atoms with Gasteiger partial charge in [-0.3, -0.25) is 4.99 Å². The number of hydrogen-bond acceptors (Lipinski definition) is 4. The van der Waals surface area contributed by atoms with Crippen molar-refractivity contribution >= 4 is 23.7 Å². The zero-order valence-corrected chi connectivity index (χ0v) is 20.7. The first-order valence-electron chi connectivity index (χ1n) is 12.0. The number of hydrogen-bond donors (Lipinski definition) is 4. The van der Waals surface area contributed by atoms with E-state index in [9.17, 15) is 36.6 Å². The van der Waals surface area contributed by atoms with Crippen LogP contribution >= 0.6 is 0 Å². The Hall–Kier alpha value is -4.68. The van der Waals surface area contributed by atoms with Crippen molar-refractivity contribution < 1.29 is 41.4 Å². The zero-order chi connectivity index (χ0) is 29.0. The molecule has 0 aliphatic heterocycles. The van der Waals surface area contributed by atoms with Crippen molar-refractivity contribution in [3.63, 3.8) is 0 Å². The summed E-state index contributed by atoms with van der Waals surface area (Å²) < 4.78 is 72.7. The van der Waals surface area contributed by atoms with Crippen molar-refractivity contribution in [2.24, 2.45) is 10.7 Å². The van der Waals surface area contributed by atoms with Crippen LogP contribution in [0.15, 0.2) is 53.5 Å². The van der Waals surface area contributed by atoms with Crippen LogP contribution in [-0.2, 0) is 9.53 Å². The summed E-state index contributed by atoms with van der Waals surface area (Å²) in [7, 11) is 0. The lowest BCUT2D eigenvalue weighted by molar-refractivity contribution is -0.139. The van der Waals surface area contributed by atoms with E-state index in [1.54, 1.807) is 0 Å². The smallest absolute Gasteiger partial charge is 0.407 e. The van der Waals surface area contributed by atoms with E-state index in [-0.39, 0.29) is 31.9 Å². The molecule has 0 radical (unpaired) electrons. The Bertz CT molecular complexity index is 1410. The van der Waals surface area contributed by atoms with Crippen LogP contribution in [0.2, 0.25) is 0 Å². The third-order valence-corrected chi connectivity index (χ3v) is 6.33. The van der Waals surface area contributed by atoms with Crippen LogP contribution in [0.3, 0.4) is 0 Å². The van der Waals surface area contributed by atoms with Crippen LogP contribution in [0.1, 0.15) is 29.9 Å². The second kappa shape index (κ2) is 12.0. The third-order valence-electron chi connectivity index (χ3n) is 6.33. The van der Waals surface area contributed by atoms with Gasteiger partial charge in [-0.2, -0.15) is 0 Å². The number of aliphatic imine (C=N–C) groups is 1. The first kappa shape index (κ1) is 28.3. The molecule has 0 unspecified atom stereocenters. The van der Waals surface area contributed by atoms with Gasteiger partial charge in [0.25, 0.3) is 0 Å². The normalized spacial score (nSPS) is 13.4. The Morgan fingerprint density at radius 3 is 1.98 bits per heavy atom. The number of nitrogens with one attached hydrogen (secondary N) is 2. The molecule has 4 rings (SSSR count). The number of carboxylic acid groups (broad SMARTS) is 1. The highest BCUT2D eigenvalue weighted by Crippen LogP contribution is 2.44. The predicted molar refractivity (Wildman–Crippen MR) is 135 cm³/mol. The Balaban J connectivity index is 1.30. The molecule has 8 nitrogen and oxygen atoms in total. The molecule has 1 aliphatic rings. The third kappa shape index (κ3) is 5.82. The molecule has 0 fully saturated rings.